The van der Waals surface area contributed by atoms with Crippen LogP contribution in [0.1, 0.15) is 5.56 Å². The van der Waals surface area contributed by atoms with E-state index in [1.165, 1.54) is 5.56 Å². The van der Waals surface area contributed by atoms with E-state index in [4.69, 9.17) is 0 Å². The number of benzene rings is 2. The first-order valence-corrected chi connectivity index (χ1v) is 7.04. The zero-order chi connectivity index (χ0) is 14.1. The molecule has 1 heterocycles. The maximum Gasteiger partial charge on any atom is 0.129 e. The van der Waals surface area contributed by atoms with Crippen molar-refractivity contribution >= 4 is 15.9 Å². The van der Waals surface area contributed by atoms with Gasteiger partial charge in [0, 0.05) is 11.1 Å². The van der Waals surface area contributed by atoms with Crippen LogP contribution in [0.25, 0.3) is 22.5 Å². The molecule has 0 aliphatic rings. The number of hydrogen-bond acceptors (Lipinski definition) is 2. The van der Waals surface area contributed by atoms with Crippen LogP contribution >= 0.6 is 15.9 Å². The molecule has 2 aromatic carbocycles. The van der Waals surface area contributed by atoms with Crippen molar-refractivity contribution in [3.05, 3.63) is 58.8 Å². The van der Waals surface area contributed by atoms with E-state index in [0.29, 0.717) is 4.47 Å². The van der Waals surface area contributed by atoms with Gasteiger partial charge in [-0.15, -0.1) is 0 Å². The van der Waals surface area contributed by atoms with Gasteiger partial charge >= 0.3 is 0 Å². The number of rotatable bonds is 2. The number of phenols is 1. The lowest BCUT2D eigenvalue weighted by atomic mass is 10.0. The first-order valence-electron chi connectivity index (χ1n) is 6.24. The molecule has 0 fully saturated rings. The number of halogens is 1. The Hall–Kier alpha value is -2.07. The Morgan fingerprint density at radius 1 is 1.10 bits per heavy atom. The number of phenolic OH excluding ortho intramolecular Hbond substituents is 1. The lowest BCUT2D eigenvalue weighted by Crippen LogP contribution is -1.85. The van der Waals surface area contributed by atoms with Gasteiger partial charge in [0.2, 0.25) is 0 Å². The molecule has 20 heavy (non-hydrogen) atoms. The van der Waals surface area contributed by atoms with Crippen molar-refractivity contribution < 1.29 is 5.11 Å². The van der Waals surface area contributed by atoms with Crippen molar-refractivity contribution in [2.75, 3.05) is 0 Å². The zero-order valence-corrected chi connectivity index (χ0v) is 12.5. The second-order valence-electron chi connectivity index (χ2n) is 4.66. The summed E-state index contributed by atoms with van der Waals surface area (Å²) in [5.74, 6) is 0.227. The van der Waals surface area contributed by atoms with Crippen LogP contribution in [0.5, 0.6) is 5.75 Å². The maximum atomic E-state index is 9.59. The molecule has 2 N–H and O–H groups in total. The summed E-state index contributed by atoms with van der Waals surface area (Å²) in [6.07, 6.45) is 1.69. The van der Waals surface area contributed by atoms with Crippen molar-refractivity contribution in [2.24, 2.45) is 0 Å². The van der Waals surface area contributed by atoms with Gasteiger partial charge in [-0.1, -0.05) is 23.8 Å². The Bertz CT molecular complexity index is 765. The normalized spacial score (nSPS) is 10.7. The molecule has 0 saturated carbocycles. The third-order valence-electron chi connectivity index (χ3n) is 3.17. The van der Waals surface area contributed by atoms with Crippen LogP contribution in [-0.2, 0) is 0 Å². The first-order chi connectivity index (χ1) is 9.65. The number of aromatic amines is 1. The molecule has 0 bridgehead atoms. The number of H-pyrrole nitrogens is 1. The lowest BCUT2D eigenvalue weighted by Gasteiger charge is -2.06. The zero-order valence-electron chi connectivity index (χ0n) is 10.9. The molecule has 4 heteroatoms. The van der Waals surface area contributed by atoms with E-state index < -0.39 is 0 Å². The molecule has 3 aromatic rings. The summed E-state index contributed by atoms with van der Waals surface area (Å²) >= 11 is 3.34. The summed E-state index contributed by atoms with van der Waals surface area (Å²) in [6, 6.07) is 13.6. The lowest BCUT2D eigenvalue weighted by molar-refractivity contribution is 0.472. The second kappa shape index (κ2) is 5.13. The highest BCUT2D eigenvalue weighted by Crippen LogP contribution is 2.33. The fraction of sp³-hybridized carbons (Fsp3) is 0.0625. The average molecular weight is 329 g/mol. The molecule has 3 nitrogen and oxygen atoms in total. The molecule has 0 aliphatic heterocycles. The van der Waals surface area contributed by atoms with Crippen LogP contribution in [0.2, 0.25) is 0 Å². The topological polar surface area (TPSA) is 48.9 Å². The van der Waals surface area contributed by atoms with E-state index in [1.807, 2.05) is 24.3 Å². The summed E-state index contributed by atoms with van der Waals surface area (Å²) in [6.45, 7) is 2.06. The summed E-state index contributed by atoms with van der Waals surface area (Å²) in [5.41, 5.74) is 5.10. The Morgan fingerprint density at radius 2 is 1.95 bits per heavy atom. The van der Waals surface area contributed by atoms with Crippen LogP contribution in [0.4, 0.5) is 0 Å². The van der Waals surface area contributed by atoms with E-state index in [2.05, 4.69) is 45.0 Å². The van der Waals surface area contributed by atoms with Gasteiger partial charge in [0.25, 0.3) is 0 Å². The largest absolute Gasteiger partial charge is 0.507 e. The molecule has 1 aromatic heterocycles. The van der Waals surface area contributed by atoms with E-state index in [-0.39, 0.29) is 5.75 Å². The molecular weight excluding hydrogens is 316 g/mol. The fourth-order valence-electron chi connectivity index (χ4n) is 2.19. The van der Waals surface area contributed by atoms with E-state index in [9.17, 15) is 5.11 Å². The van der Waals surface area contributed by atoms with Crippen molar-refractivity contribution in [2.45, 2.75) is 6.92 Å². The van der Waals surface area contributed by atoms with Crippen molar-refractivity contribution in [3.8, 4) is 28.3 Å². The number of nitrogens with zero attached hydrogens (tertiary/aromatic N) is 1. The Morgan fingerprint density at radius 3 is 2.70 bits per heavy atom. The van der Waals surface area contributed by atoms with Gasteiger partial charge in [-0.05, 0) is 47.1 Å². The number of nitrogens with one attached hydrogen (secondary N) is 1. The molecule has 3 rings (SSSR count). The van der Waals surface area contributed by atoms with Crippen molar-refractivity contribution in [1.82, 2.24) is 9.97 Å². The van der Waals surface area contributed by atoms with E-state index >= 15 is 0 Å². The third-order valence-corrected chi connectivity index (χ3v) is 3.80. The first kappa shape index (κ1) is 12.9. The minimum absolute atomic E-state index is 0.227. The van der Waals surface area contributed by atoms with E-state index in [0.717, 1.165) is 22.5 Å². The quantitative estimate of drug-likeness (QED) is 0.726. The summed E-state index contributed by atoms with van der Waals surface area (Å²) in [4.78, 5) is 7.60. The van der Waals surface area contributed by atoms with Crippen LogP contribution < -0.4 is 0 Å². The van der Waals surface area contributed by atoms with Crippen molar-refractivity contribution in [3.63, 3.8) is 0 Å². The molecule has 0 spiro atoms. The third kappa shape index (κ3) is 2.34. The number of aryl methyl sites for hydroxylation is 1. The second-order valence-corrected chi connectivity index (χ2v) is 5.52. The van der Waals surface area contributed by atoms with Crippen LogP contribution in [0.3, 0.4) is 0 Å². The average Bonchev–Trinajstić information content (AvgIpc) is 2.91. The number of aromatic nitrogens is 2. The number of aromatic hydroxyl groups is 1. The standard InChI is InChI=1S/C16H13BrN2O/c1-10-3-2-4-11(7-10)15-16(19-9-18-15)12-5-6-14(20)13(17)8-12/h2-9,20H,1H3,(H,18,19). The minimum Gasteiger partial charge on any atom is -0.507 e. The molecule has 0 unspecified atom stereocenters. The van der Waals surface area contributed by atoms with Gasteiger partial charge < -0.3 is 10.1 Å². The molecule has 0 atom stereocenters. The van der Waals surface area contributed by atoms with Crippen molar-refractivity contribution in [1.29, 1.82) is 0 Å². The molecule has 0 radical (unpaired) electrons. The number of imidazole rings is 1. The Kier molecular flexibility index (Phi) is 3.32. The SMILES string of the molecule is Cc1cccc(-c2nc[nH]c2-c2ccc(O)c(Br)c2)c1. The van der Waals surface area contributed by atoms with E-state index in [1.54, 1.807) is 12.4 Å². The Balaban J connectivity index is 2.12. The highest BCUT2D eigenvalue weighted by Gasteiger charge is 2.11. The summed E-state index contributed by atoms with van der Waals surface area (Å²) < 4.78 is 0.666. The van der Waals surface area contributed by atoms with Crippen LogP contribution in [0.15, 0.2) is 53.3 Å². The molecule has 0 saturated heterocycles. The molecule has 0 amide bonds. The van der Waals surface area contributed by atoms with Crippen LogP contribution in [-0.4, -0.2) is 15.1 Å². The number of hydrogen-bond donors (Lipinski definition) is 2. The fourth-order valence-corrected chi connectivity index (χ4v) is 2.57. The van der Waals surface area contributed by atoms with Gasteiger partial charge in [0.15, 0.2) is 0 Å². The van der Waals surface area contributed by atoms with Gasteiger partial charge in [-0.3, -0.25) is 0 Å². The van der Waals surface area contributed by atoms with Gasteiger partial charge in [0.1, 0.15) is 5.75 Å². The molecule has 0 aliphatic carbocycles. The van der Waals surface area contributed by atoms with Gasteiger partial charge in [-0.2, -0.15) is 0 Å². The predicted molar refractivity (Wildman–Crippen MR) is 83.6 cm³/mol. The van der Waals surface area contributed by atoms with Gasteiger partial charge in [0.05, 0.1) is 22.2 Å². The minimum atomic E-state index is 0.227. The summed E-state index contributed by atoms with van der Waals surface area (Å²) in [7, 11) is 0. The molecule has 100 valence electrons. The van der Waals surface area contributed by atoms with Gasteiger partial charge in [-0.25, -0.2) is 4.98 Å². The maximum absolute atomic E-state index is 9.59. The summed E-state index contributed by atoms with van der Waals surface area (Å²) in [5, 5.41) is 9.59. The predicted octanol–water partition coefficient (Wildman–Crippen LogP) is 4.52. The molecular formula is C16H13BrN2O. The van der Waals surface area contributed by atoms with Crippen LogP contribution in [0, 0.1) is 6.92 Å². The Labute approximate surface area is 125 Å². The monoisotopic (exact) mass is 328 g/mol. The highest BCUT2D eigenvalue weighted by atomic mass is 79.9. The highest BCUT2D eigenvalue weighted by molar-refractivity contribution is 9.10. The smallest absolute Gasteiger partial charge is 0.129 e.